The topological polar surface area (TPSA) is 95.1 Å². The van der Waals surface area contributed by atoms with E-state index in [-0.39, 0.29) is 26.4 Å². The molecule has 37 heavy (non-hydrogen) atoms. The highest BCUT2D eigenvalue weighted by Gasteiger charge is 2.17. The number of carbonyl (C=O) groups excluding carboxylic acids is 2. The first kappa shape index (κ1) is 27.9. The van der Waals surface area contributed by atoms with E-state index in [1.807, 2.05) is 43.3 Å². The molecule has 200 valence electrons. The first-order valence-electron chi connectivity index (χ1n) is 13.1. The SMILES string of the molecule is CCCCNC(=O)OCCOc1c2ccccc2c(OCCOC(=O)NCCCC)c2cc(C)ccc12. The second kappa shape index (κ2) is 14.8. The monoisotopic (exact) mass is 510 g/mol. The van der Waals surface area contributed by atoms with Crippen molar-refractivity contribution in [2.24, 2.45) is 0 Å². The van der Waals surface area contributed by atoms with E-state index in [4.69, 9.17) is 18.9 Å². The van der Waals surface area contributed by atoms with Crippen molar-refractivity contribution >= 4 is 33.7 Å². The molecule has 0 atom stereocenters. The highest BCUT2D eigenvalue weighted by Crippen LogP contribution is 2.43. The molecule has 3 rings (SSSR count). The Labute approximate surface area is 218 Å². The fourth-order valence-electron chi connectivity index (χ4n) is 3.92. The van der Waals surface area contributed by atoms with E-state index in [0.717, 1.165) is 52.8 Å². The van der Waals surface area contributed by atoms with Crippen LogP contribution >= 0.6 is 0 Å². The number of unbranched alkanes of at least 4 members (excludes halogenated alkanes) is 2. The van der Waals surface area contributed by atoms with E-state index in [0.29, 0.717) is 24.6 Å². The first-order valence-corrected chi connectivity index (χ1v) is 13.1. The molecule has 0 unspecified atom stereocenters. The molecule has 8 nitrogen and oxygen atoms in total. The number of hydrogen-bond donors (Lipinski definition) is 2. The number of rotatable bonds is 14. The number of benzene rings is 3. The minimum Gasteiger partial charge on any atom is -0.489 e. The number of hydrogen-bond acceptors (Lipinski definition) is 6. The van der Waals surface area contributed by atoms with Crippen LogP contribution in [0.2, 0.25) is 0 Å². The predicted octanol–water partition coefficient (Wildman–Crippen LogP) is 6.11. The van der Waals surface area contributed by atoms with Crippen molar-refractivity contribution in [2.75, 3.05) is 39.5 Å². The minimum absolute atomic E-state index is 0.134. The highest BCUT2D eigenvalue weighted by atomic mass is 16.6. The van der Waals surface area contributed by atoms with Crippen LogP contribution in [0, 0.1) is 6.92 Å². The molecule has 3 aromatic rings. The Kier molecular flexibility index (Phi) is 11.1. The molecule has 0 heterocycles. The van der Waals surface area contributed by atoms with E-state index < -0.39 is 12.2 Å². The quantitative estimate of drug-likeness (QED) is 0.201. The van der Waals surface area contributed by atoms with Crippen LogP contribution < -0.4 is 20.1 Å². The molecule has 0 aliphatic heterocycles. The lowest BCUT2D eigenvalue weighted by Crippen LogP contribution is -2.26. The van der Waals surface area contributed by atoms with Crippen LogP contribution in [0.4, 0.5) is 9.59 Å². The molecule has 0 saturated carbocycles. The molecule has 2 N–H and O–H groups in total. The summed E-state index contributed by atoms with van der Waals surface area (Å²) in [5, 5.41) is 9.04. The zero-order valence-electron chi connectivity index (χ0n) is 22.1. The van der Waals surface area contributed by atoms with Crippen LogP contribution in [0.3, 0.4) is 0 Å². The van der Waals surface area contributed by atoms with Gasteiger partial charge in [-0.1, -0.05) is 68.7 Å². The summed E-state index contributed by atoms with van der Waals surface area (Å²) in [6.45, 7) is 8.05. The summed E-state index contributed by atoms with van der Waals surface area (Å²) in [5.74, 6) is 1.42. The number of carbonyl (C=O) groups is 2. The van der Waals surface area contributed by atoms with Crippen molar-refractivity contribution in [3.05, 3.63) is 48.0 Å². The van der Waals surface area contributed by atoms with Crippen molar-refractivity contribution in [3.63, 3.8) is 0 Å². The van der Waals surface area contributed by atoms with E-state index in [1.165, 1.54) is 0 Å². The smallest absolute Gasteiger partial charge is 0.407 e. The fourth-order valence-corrected chi connectivity index (χ4v) is 3.92. The second-order valence-corrected chi connectivity index (χ2v) is 8.78. The normalized spacial score (nSPS) is 10.8. The number of amides is 2. The van der Waals surface area contributed by atoms with Crippen molar-refractivity contribution in [2.45, 2.75) is 46.5 Å². The molecule has 0 aliphatic rings. The Morgan fingerprint density at radius 2 is 1.16 bits per heavy atom. The predicted molar refractivity (Wildman–Crippen MR) is 146 cm³/mol. The third-order valence-corrected chi connectivity index (χ3v) is 5.81. The summed E-state index contributed by atoms with van der Waals surface area (Å²) in [6.07, 6.45) is 2.96. The summed E-state index contributed by atoms with van der Waals surface area (Å²) in [5.41, 5.74) is 1.08. The molecule has 0 saturated heterocycles. The zero-order valence-corrected chi connectivity index (χ0v) is 22.1. The Balaban J connectivity index is 1.74. The van der Waals surface area contributed by atoms with Gasteiger partial charge in [0.1, 0.15) is 37.9 Å². The van der Waals surface area contributed by atoms with Crippen LogP contribution in [-0.4, -0.2) is 51.7 Å². The van der Waals surface area contributed by atoms with E-state index in [1.54, 1.807) is 0 Å². The van der Waals surface area contributed by atoms with Gasteiger partial charge in [0.15, 0.2) is 0 Å². The van der Waals surface area contributed by atoms with Crippen LogP contribution in [0.15, 0.2) is 42.5 Å². The Morgan fingerprint density at radius 3 is 1.68 bits per heavy atom. The molecule has 2 amide bonds. The van der Waals surface area contributed by atoms with Crippen molar-refractivity contribution in [1.82, 2.24) is 10.6 Å². The third kappa shape index (κ3) is 8.17. The van der Waals surface area contributed by atoms with E-state index >= 15 is 0 Å². The number of aryl methyl sites for hydroxylation is 1. The second-order valence-electron chi connectivity index (χ2n) is 8.78. The number of nitrogens with one attached hydrogen (secondary N) is 2. The molecule has 8 heteroatoms. The Hall–Kier alpha value is -3.68. The van der Waals surface area contributed by atoms with E-state index in [9.17, 15) is 9.59 Å². The molecule has 0 fully saturated rings. The lowest BCUT2D eigenvalue weighted by Gasteiger charge is -2.18. The summed E-state index contributed by atoms with van der Waals surface area (Å²) in [7, 11) is 0. The van der Waals surface area contributed by atoms with Gasteiger partial charge >= 0.3 is 12.2 Å². The number of ether oxygens (including phenoxy) is 4. The maximum atomic E-state index is 11.8. The first-order chi connectivity index (χ1) is 18.0. The van der Waals surface area contributed by atoms with Gasteiger partial charge in [-0.3, -0.25) is 0 Å². The molecule has 0 aliphatic carbocycles. The molecular formula is C29H38N2O6. The molecule has 3 aromatic carbocycles. The van der Waals surface area contributed by atoms with Gasteiger partial charge < -0.3 is 29.6 Å². The fraction of sp³-hybridized carbons (Fsp3) is 0.448. The standard InChI is InChI=1S/C29H38N2O6/c1-4-6-14-30-28(32)36-18-16-34-26-22-10-8-9-11-23(22)27(25-20-21(3)12-13-24(25)26)35-17-19-37-29(33)31-15-7-5-2/h8-13,20H,4-7,14-19H2,1-3H3,(H,30,32)(H,31,33). The summed E-state index contributed by atoms with van der Waals surface area (Å²) in [6, 6.07) is 13.9. The van der Waals surface area contributed by atoms with Gasteiger partial charge in [-0.25, -0.2) is 9.59 Å². The number of alkyl carbamates (subject to hydrolysis) is 2. The molecule has 0 radical (unpaired) electrons. The van der Waals surface area contributed by atoms with Gasteiger partial charge in [0.25, 0.3) is 0 Å². The van der Waals surface area contributed by atoms with Crippen LogP contribution in [0.1, 0.15) is 45.1 Å². The Morgan fingerprint density at radius 1 is 0.676 bits per heavy atom. The maximum absolute atomic E-state index is 11.8. The van der Waals surface area contributed by atoms with Crippen LogP contribution in [0.25, 0.3) is 21.5 Å². The minimum atomic E-state index is -0.438. The van der Waals surface area contributed by atoms with Crippen LogP contribution in [-0.2, 0) is 9.47 Å². The van der Waals surface area contributed by atoms with Crippen LogP contribution in [0.5, 0.6) is 11.5 Å². The average Bonchev–Trinajstić information content (AvgIpc) is 2.89. The van der Waals surface area contributed by atoms with E-state index in [2.05, 4.69) is 30.5 Å². The lowest BCUT2D eigenvalue weighted by molar-refractivity contribution is 0.124. The van der Waals surface area contributed by atoms with Gasteiger partial charge in [-0.2, -0.15) is 0 Å². The van der Waals surface area contributed by atoms with Gasteiger partial charge in [0.05, 0.1) is 0 Å². The van der Waals surface area contributed by atoms with Gasteiger partial charge in [-0.15, -0.1) is 0 Å². The lowest BCUT2D eigenvalue weighted by atomic mass is 9.99. The molecule has 0 aromatic heterocycles. The summed E-state index contributed by atoms with van der Waals surface area (Å²) < 4.78 is 22.9. The summed E-state index contributed by atoms with van der Waals surface area (Å²) in [4.78, 5) is 23.7. The van der Waals surface area contributed by atoms with Gasteiger partial charge in [-0.05, 0) is 25.8 Å². The maximum Gasteiger partial charge on any atom is 0.407 e. The largest absolute Gasteiger partial charge is 0.489 e. The molecular weight excluding hydrogens is 472 g/mol. The molecule has 0 bridgehead atoms. The van der Waals surface area contributed by atoms with Crippen molar-refractivity contribution in [3.8, 4) is 11.5 Å². The summed E-state index contributed by atoms with van der Waals surface area (Å²) >= 11 is 0. The molecule has 0 spiro atoms. The van der Waals surface area contributed by atoms with Crippen molar-refractivity contribution < 1.29 is 28.5 Å². The highest BCUT2D eigenvalue weighted by molar-refractivity contribution is 6.11. The zero-order chi connectivity index (χ0) is 26.5. The number of fused-ring (bicyclic) bond motifs is 2. The van der Waals surface area contributed by atoms with Crippen molar-refractivity contribution in [1.29, 1.82) is 0 Å². The van der Waals surface area contributed by atoms with Gasteiger partial charge in [0.2, 0.25) is 0 Å². The van der Waals surface area contributed by atoms with Gasteiger partial charge in [0, 0.05) is 34.6 Å². The third-order valence-electron chi connectivity index (χ3n) is 5.81. The Bertz CT molecular complexity index is 1180. The average molecular weight is 511 g/mol.